The van der Waals surface area contributed by atoms with E-state index in [2.05, 4.69) is 4.99 Å². The summed E-state index contributed by atoms with van der Waals surface area (Å²) in [5, 5.41) is 3.04. The van der Waals surface area contributed by atoms with E-state index in [-0.39, 0.29) is 0 Å². The van der Waals surface area contributed by atoms with Gasteiger partial charge in [0.05, 0.1) is 21.6 Å². The van der Waals surface area contributed by atoms with Crippen molar-refractivity contribution in [2.75, 3.05) is 0 Å². The van der Waals surface area contributed by atoms with Crippen molar-refractivity contribution in [1.82, 2.24) is 5.06 Å². The molecule has 2 rings (SSSR count). The van der Waals surface area contributed by atoms with Gasteiger partial charge in [0, 0.05) is 12.1 Å². The maximum Gasteiger partial charge on any atom is 0.329 e. The van der Waals surface area contributed by atoms with Crippen molar-refractivity contribution in [2.45, 2.75) is 19.6 Å². The molecule has 1 aromatic rings. The number of rotatable bonds is 1. The highest BCUT2D eigenvalue weighted by molar-refractivity contribution is 6.42. The van der Waals surface area contributed by atoms with E-state index < -0.39 is 11.8 Å². The van der Waals surface area contributed by atoms with Crippen LogP contribution in [0.2, 0.25) is 10.0 Å². The topological polar surface area (TPSA) is 67.9 Å². The molecule has 1 heterocycles. The largest absolute Gasteiger partial charge is 0.338 e. The zero-order valence-electron chi connectivity index (χ0n) is 9.78. The maximum absolute atomic E-state index is 11.0. The molecule has 0 radical (unpaired) electrons. The van der Waals surface area contributed by atoms with E-state index in [0.717, 1.165) is 5.06 Å². The average molecular weight is 288 g/mol. The van der Waals surface area contributed by atoms with E-state index in [4.69, 9.17) is 33.8 Å². The monoisotopic (exact) mass is 287 g/mol. The van der Waals surface area contributed by atoms with E-state index in [0.29, 0.717) is 20.6 Å². The average Bonchev–Trinajstić information content (AvgIpc) is 2.25. The summed E-state index contributed by atoms with van der Waals surface area (Å²) in [5.74, 6) is -1.68. The first-order valence-electron chi connectivity index (χ1n) is 5.14. The van der Waals surface area contributed by atoms with Crippen LogP contribution in [0.1, 0.15) is 13.8 Å². The van der Waals surface area contributed by atoms with Crippen molar-refractivity contribution >= 4 is 35.4 Å². The molecule has 1 aliphatic rings. The fourth-order valence-corrected chi connectivity index (χ4v) is 1.95. The van der Waals surface area contributed by atoms with Gasteiger partial charge in [-0.1, -0.05) is 23.2 Å². The normalized spacial score (nSPS) is 21.7. The third-order valence-corrected chi connectivity index (χ3v) is 3.19. The summed E-state index contributed by atoms with van der Waals surface area (Å²) in [5.41, 5.74) is 5.95. The van der Waals surface area contributed by atoms with Crippen LogP contribution in [-0.4, -0.2) is 16.8 Å². The highest BCUT2D eigenvalue weighted by Crippen LogP contribution is 2.18. The predicted molar refractivity (Wildman–Crippen MR) is 67.9 cm³/mol. The molecule has 0 aromatic heterocycles. The van der Waals surface area contributed by atoms with E-state index in [1.165, 1.54) is 13.1 Å². The number of halogens is 2. The van der Waals surface area contributed by atoms with Gasteiger partial charge in [-0.15, -0.1) is 0 Å². The summed E-state index contributed by atoms with van der Waals surface area (Å²) in [6, 6.07) is 3.34. The fourth-order valence-electron chi connectivity index (χ4n) is 1.57. The van der Waals surface area contributed by atoms with Gasteiger partial charge in [0.25, 0.3) is 0 Å². The number of carbonyl (C=O) groups is 1. The third-order valence-electron chi connectivity index (χ3n) is 2.38. The van der Waals surface area contributed by atoms with Crippen LogP contribution in [0.3, 0.4) is 0 Å². The molecule has 5 nitrogen and oxygen atoms in total. The second kappa shape index (κ2) is 4.42. The molecule has 96 valence electrons. The molecule has 0 fully saturated rings. The van der Waals surface area contributed by atoms with Gasteiger partial charge in [0.1, 0.15) is 0 Å². The number of carbonyl (C=O) groups excluding carboxylic acids is 1. The number of nitrogens with zero attached hydrogens (tertiary/aromatic N) is 2. The SMILES string of the molecule is CC(=O)ON1C=c2c(Cl)c(Cl)ccc2=NC1(C)N. The number of fused-ring (bicyclic) bond motifs is 1. The molecule has 1 unspecified atom stereocenters. The quantitative estimate of drug-likeness (QED) is 0.829. The summed E-state index contributed by atoms with van der Waals surface area (Å²) >= 11 is 12.0. The summed E-state index contributed by atoms with van der Waals surface area (Å²) in [4.78, 5) is 20.3. The Labute approximate surface area is 113 Å². The number of hydroxylamine groups is 2. The van der Waals surface area contributed by atoms with Crippen LogP contribution in [-0.2, 0) is 9.63 Å². The Morgan fingerprint density at radius 1 is 1.50 bits per heavy atom. The number of hydrogen-bond donors (Lipinski definition) is 1. The van der Waals surface area contributed by atoms with E-state index >= 15 is 0 Å². The van der Waals surface area contributed by atoms with Crippen molar-refractivity contribution in [3.63, 3.8) is 0 Å². The molecule has 0 spiro atoms. The number of hydrogen-bond acceptors (Lipinski definition) is 5. The molecular weight excluding hydrogens is 277 g/mol. The van der Waals surface area contributed by atoms with E-state index in [1.54, 1.807) is 19.1 Å². The van der Waals surface area contributed by atoms with Crippen LogP contribution in [0.25, 0.3) is 6.20 Å². The summed E-state index contributed by atoms with van der Waals surface area (Å²) < 4.78 is 0. The van der Waals surface area contributed by atoms with Gasteiger partial charge in [-0.25, -0.2) is 4.99 Å². The minimum atomic E-state index is -1.18. The summed E-state index contributed by atoms with van der Waals surface area (Å²) in [7, 11) is 0. The van der Waals surface area contributed by atoms with Gasteiger partial charge in [-0.3, -0.25) is 10.5 Å². The second-order valence-corrected chi connectivity index (χ2v) is 4.82. The van der Waals surface area contributed by atoms with Gasteiger partial charge in [0.2, 0.25) is 5.79 Å². The van der Waals surface area contributed by atoms with Crippen LogP contribution in [0.4, 0.5) is 0 Å². The van der Waals surface area contributed by atoms with Crippen molar-refractivity contribution in [3.8, 4) is 0 Å². The standard InChI is InChI=1S/C11H11Cl2N3O2/c1-6(17)18-16-5-7-9(15-11(16,2)14)4-3-8(12)10(7)13/h3-5H,14H2,1-2H3. The Bertz CT molecular complexity index is 628. The minimum absolute atomic E-state index is 0.338. The zero-order valence-corrected chi connectivity index (χ0v) is 11.3. The molecule has 0 amide bonds. The maximum atomic E-state index is 11.0. The van der Waals surface area contributed by atoms with Crippen LogP contribution >= 0.6 is 23.2 Å². The molecule has 18 heavy (non-hydrogen) atoms. The van der Waals surface area contributed by atoms with Gasteiger partial charge < -0.3 is 4.84 Å². The Balaban J connectivity index is 2.65. The molecular formula is C11H11Cl2N3O2. The minimum Gasteiger partial charge on any atom is -0.338 e. The first-order valence-corrected chi connectivity index (χ1v) is 5.89. The summed E-state index contributed by atoms with van der Waals surface area (Å²) in [6.07, 6.45) is 1.51. The molecule has 0 aliphatic carbocycles. The van der Waals surface area contributed by atoms with Gasteiger partial charge in [0.15, 0.2) is 0 Å². The molecule has 7 heteroatoms. The molecule has 1 atom stereocenters. The molecule has 0 saturated heterocycles. The Morgan fingerprint density at radius 3 is 2.78 bits per heavy atom. The van der Waals surface area contributed by atoms with Gasteiger partial charge >= 0.3 is 5.97 Å². The number of nitrogens with two attached hydrogens (primary N) is 1. The first kappa shape index (κ1) is 13.1. The van der Waals surface area contributed by atoms with Crippen molar-refractivity contribution < 1.29 is 9.63 Å². The van der Waals surface area contributed by atoms with Crippen molar-refractivity contribution in [1.29, 1.82) is 0 Å². The fraction of sp³-hybridized carbons (Fsp3) is 0.273. The molecule has 1 aliphatic heterocycles. The van der Waals surface area contributed by atoms with Crippen LogP contribution in [0.5, 0.6) is 0 Å². The van der Waals surface area contributed by atoms with Crippen molar-refractivity contribution in [3.05, 3.63) is 32.8 Å². The second-order valence-electron chi connectivity index (χ2n) is 4.04. The highest BCUT2D eigenvalue weighted by atomic mass is 35.5. The molecule has 0 bridgehead atoms. The lowest BCUT2D eigenvalue weighted by atomic mass is 10.2. The predicted octanol–water partition coefficient (Wildman–Crippen LogP) is 0.777. The van der Waals surface area contributed by atoms with Crippen LogP contribution < -0.4 is 16.3 Å². The Morgan fingerprint density at radius 2 is 2.17 bits per heavy atom. The third kappa shape index (κ3) is 2.29. The Kier molecular flexibility index (Phi) is 3.23. The molecule has 1 aromatic carbocycles. The summed E-state index contributed by atoms with van der Waals surface area (Å²) in [6.45, 7) is 2.89. The lowest BCUT2D eigenvalue weighted by molar-refractivity contribution is -0.190. The Hall–Kier alpha value is -1.30. The lowest BCUT2D eigenvalue weighted by Crippen LogP contribution is -2.56. The van der Waals surface area contributed by atoms with E-state index in [9.17, 15) is 4.79 Å². The molecule has 2 N–H and O–H groups in total. The van der Waals surface area contributed by atoms with Crippen LogP contribution in [0, 0.1) is 0 Å². The van der Waals surface area contributed by atoms with Crippen LogP contribution in [0.15, 0.2) is 17.1 Å². The first-order chi connectivity index (χ1) is 8.31. The van der Waals surface area contributed by atoms with Crippen molar-refractivity contribution in [2.24, 2.45) is 10.7 Å². The number of benzene rings is 1. The van der Waals surface area contributed by atoms with Gasteiger partial charge in [-0.05, 0) is 19.1 Å². The lowest BCUT2D eigenvalue weighted by Gasteiger charge is -2.33. The van der Waals surface area contributed by atoms with E-state index in [1.807, 2.05) is 0 Å². The smallest absolute Gasteiger partial charge is 0.329 e. The zero-order chi connectivity index (χ0) is 13.5. The van der Waals surface area contributed by atoms with Gasteiger partial charge in [-0.2, -0.15) is 5.06 Å². The highest BCUT2D eigenvalue weighted by Gasteiger charge is 2.29. The molecule has 0 saturated carbocycles.